The van der Waals surface area contributed by atoms with E-state index in [1.165, 1.54) is 4.90 Å². The molecule has 3 aromatic rings. The molecule has 0 spiro atoms. The maximum atomic E-state index is 12.8. The van der Waals surface area contributed by atoms with Crippen molar-refractivity contribution >= 4 is 17.5 Å². The molecule has 31 heavy (non-hydrogen) atoms. The zero-order valence-corrected chi connectivity index (χ0v) is 18.0. The van der Waals surface area contributed by atoms with Gasteiger partial charge in [-0.15, -0.1) is 0 Å². The highest BCUT2D eigenvalue weighted by molar-refractivity contribution is 7.99. The number of aromatic nitrogens is 1. The number of nitrogens with zero attached hydrogens (tertiary/aromatic N) is 3. The van der Waals surface area contributed by atoms with E-state index in [4.69, 9.17) is 5.26 Å². The van der Waals surface area contributed by atoms with Crippen LogP contribution in [0.25, 0.3) is 11.1 Å². The van der Waals surface area contributed by atoms with Crippen LogP contribution in [0.15, 0.2) is 82.8 Å². The first-order valence-corrected chi connectivity index (χ1v) is 11.5. The topological polar surface area (TPSA) is 57.0 Å². The fourth-order valence-electron chi connectivity index (χ4n) is 4.86. The molecule has 4 nitrogen and oxygen atoms in total. The zero-order chi connectivity index (χ0) is 21.2. The second kappa shape index (κ2) is 8.56. The molecule has 5 heteroatoms. The van der Waals surface area contributed by atoms with E-state index in [1.54, 1.807) is 11.8 Å². The molecular formula is C26H23N3OS. The third-order valence-electron chi connectivity index (χ3n) is 6.56. The van der Waals surface area contributed by atoms with Gasteiger partial charge >= 0.3 is 0 Å². The molecule has 154 valence electrons. The molecule has 0 N–H and O–H groups in total. The van der Waals surface area contributed by atoms with Gasteiger partial charge in [-0.25, -0.2) is 0 Å². The first kappa shape index (κ1) is 19.8. The summed E-state index contributed by atoms with van der Waals surface area (Å²) in [6, 6.07) is 20.3. The number of likely N-dealkylation sites (tertiary alicyclic amines) is 1. The van der Waals surface area contributed by atoms with Crippen molar-refractivity contribution in [2.24, 2.45) is 17.8 Å². The Morgan fingerprint density at radius 1 is 1.10 bits per heavy atom. The van der Waals surface area contributed by atoms with Gasteiger partial charge in [0, 0.05) is 52.8 Å². The van der Waals surface area contributed by atoms with Gasteiger partial charge in [0.2, 0.25) is 0 Å². The molecule has 2 aromatic carbocycles. The van der Waals surface area contributed by atoms with E-state index in [1.807, 2.05) is 65.8 Å². The third kappa shape index (κ3) is 4.08. The van der Waals surface area contributed by atoms with E-state index in [2.05, 4.69) is 23.3 Å². The molecule has 1 aliphatic heterocycles. The lowest BCUT2D eigenvalue weighted by molar-refractivity contribution is 0.0779. The molecule has 0 radical (unpaired) electrons. The normalized spacial score (nSPS) is 21.8. The number of carbonyl (C=O) groups is 1. The van der Waals surface area contributed by atoms with E-state index in [-0.39, 0.29) is 5.78 Å². The maximum absolute atomic E-state index is 12.8. The molecule has 1 aromatic heterocycles. The van der Waals surface area contributed by atoms with Gasteiger partial charge in [0.15, 0.2) is 12.0 Å². The summed E-state index contributed by atoms with van der Waals surface area (Å²) in [6.07, 6.45) is 7.61. The number of hydrogen-bond donors (Lipinski definition) is 0. The van der Waals surface area contributed by atoms with Crippen LogP contribution < -0.4 is 0 Å². The molecule has 0 amide bonds. The number of pyridine rings is 1. The standard InChI is InChI=1S/C26H23N3OS/c27-17-29-15-21-12-20(24(21)16-29)13-25(30)19-8-6-18(7-9-19)23-14-28-11-10-26(23)31-22-4-2-1-3-5-22/h1-11,14,20-21,24H,12-13,15-16H2. The van der Waals surface area contributed by atoms with E-state index in [0.717, 1.165) is 41.1 Å². The highest BCUT2D eigenvalue weighted by atomic mass is 32.2. The minimum atomic E-state index is 0.204. The van der Waals surface area contributed by atoms with Crippen molar-refractivity contribution in [2.75, 3.05) is 13.1 Å². The Bertz CT molecular complexity index is 1120. The van der Waals surface area contributed by atoms with Crippen molar-refractivity contribution in [3.05, 3.63) is 78.6 Å². The predicted octanol–water partition coefficient (Wildman–Crippen LogP) is 5.52. The Morgan fingerprint density at radius 2 is 1.90 bits per heavy atom. The number of benzene rings is 2. The van der Waals surface area contributed by atoms with Crippen LogP contribution in [0.5, 0.6) is 0 Å². The second-order valence-corrected chi connectivity index (χ2v) is 9.53. The molecule has 0 bridgehead atoms. The summed E-state index contributed by atoms with van der Waals surface area (Å²) in [6.45, 7) is 1.69. The average molecular weight is 426 g/mol. The van der Waals surface area contributed by atoms with Gasteiger partial charge in [-0.3, -0.25) is 9.78 Å². The Labute approximate surface area is 186 Å². The summed E-state index contributed by atoms with van der Waals surface area (Å²) < 4.78 is 0. The van der Waals surface area contributed by atoms with Crippen molar-refractivity contribution in [1.82, 2.24) is 9.88 Å². The van der Waals surface area contributed by atoms with Crippen LogP contribution >= 0.6 is 11.8 Å². The van der Waals surface area contributed by atoms with Gasteiger partial charge in [0.05, 0.1) is 0 Å². The smallest absolute Gasteiger partial charge is 0.179 e. The van der Waals surface area contributed by atoms with Gasteiger partial charge < -0.3 is 4.90 Å². The van der Waals surface area contributed by atoms with Crippen molar-refractivity contribution < 1.29 is 4.79 Å². The Kier molecular flexibility index (Phi) is 5.48. The quantitative estimate of drug-likeness (QED) is 0.384. The molecule has 1 saturated heterocycles. The van der Waals surface area contributed by atoms with Crippen LogP contribution in [0.3, 0.4) is 0 Å². The SMILES string of the molecule is N#CN1CC2CC(CC(=O)c3ccc(-c4cnccc4Sc4ccccc4)cc3)C2C1. The number of Topliss-reactive ketones (excluding diaryl/α,β-unsaturated/α-hetero) is 1. The summed E-state index contributed by atoms with van der Waals surface area (Å²) in [5, 5.41) is 9.10. The molecule has 2 heterocycles. The van der Waals surface area contributed by atoms with E-state index >= 15 is 0 Å². The van der Waals surface area contributed by atoms with E-state index < -0.39 is 0 Å². The molecule has 1 saturated carbocycles. The van der Waals surface area contributed by atoms with Crippen LogP contribution in [0, 0.1) is 29.2 Å². The fourth-order valence-corrected chi connectivity index (χ4v) is 5.82. The van der Waals surface area contributed by atoms with Crippen LogP contribution in [-0.2, 0) is 0 Å². The van der Waals surface area contributed by atoms with Crippen LogP contribution in [0.4, 0.5) is 0 Å². The van der Waals surface area contributed by atoms with Gasteiger partial charge in [-0.2, -0.15) is 5.26 Å². The largest absolute Gasteiger partial charge is 0.310 e. The van der Waals surface area contributed by atoms with Crippen LogP contribution in [0.1, 0.15) is 23.2 Å². The lowest BCUT2D eigenvalue weighted by Crippen LogP contribution is -2.36. The number of carbonyl (C=O) groups excluding carboxylic acids is 1. The number of rotatable bonds is 6. The van der Waals surface area contributed by atoms with Gasteiger partial charge in [-0.05, 0) is 47.9 Å². The monoisotopic (exact) mass is 425 g/mol. The third-order valence-corrected chi connectivity index (χ3v) is 7.65. The number of hydrogen-bond acceptors (Lipinski definition) is 5. The van der Waals surface area contributed by atoms with Crippen LogP contribution in [-0.4, -0.2) is 28.8 Å². The van der Waals surface area contributed by atoms with Gasteiger partial charge in [0.1, 0.15) is 0 Å². The zero-order valence-electron chi connectivity index (χ0n) is 17.1. The molecule has 2 fully saturated rings. The number of ketones is 1. The van der Waals surface area contributed by atoms with Crippen molar-refractivity contribution in [3.63, 3.8) is 0 Å². The maximum Gasteiger partial charge on any atom is 0.179 e. The minimum Gasteiger partial charge on any atom is -0.310 e. The fraction of sp³-hybridized carbons (Fsp3) is 0.269. The number of fused-ring (bicyclic) bond motifs is 1. The first-order valence-electron chi connectivity index (χ1n) is 10.7. The second-order valence-electron chi connectivity index (χ2n) is 8.42. The van der Waals surface area contributed by atoms with E-state index in [0.29, 0.717) is 24.2 Å². The van der Waals surface area contributed by atoms with Crippen molar-refractivity contribution in [3.8, 4) is 17.3 Å². The average Bonchev–Trinajstić information content (AvgIpc) is 3.14. The Balaban J connectivity index is 1.28. The number of nitriles is 1. The lowest BCUT2D eigenvalue weighted by Gasteiger charge is -2.38. The summed E-state index contributed by atoms with van der Waals surface area (Å²) >= 11 is 1.72. The highest BCUT2D eigenvalue weighted by Gasteiger charge is 2.47. The molecule has 1 aliphatic carbocycles. The van der Waals surface area contributed by atoms with Crippen molar-refractivity contribution in [2.45, 2.75) is 22.6 Å². The summed E-state index contributed by atoms with van der Waals surface area (Å²) in [5.41, 5.74) is 2.90. The Hall–Kier alpha value is -3.10. The Morgan fingerprint density at radius 3 is 2.68 bits per heavy atom. The molecular weight excluding hydrogens is 402 g/mol. The lowest BCUT2D eigenvalue weighted by atomic mass is 9.64. The summed E-state index contributed by atoms with van der Waals surface area (Å²) in [4.78, 5) is 21.3. The molecule has 3 unspecified atom stereocenters. The first-order chi connectivity index (χ1) is 15.2. The van der Waals surface area contributed by atoms with Crippen molar-refractivity contribution in [1.29, 1.82) is 5.26 Å². The van der Waals surface area contributed by atoms with E-state index in [9.17, 15) is 4.79 Å². The molecule has 5 rings (SSSR count). The molecule has 3 atom stereocenters. The summed E-state index contributed by atoms with van der Waals surface area (Å²) in [7, 11) is 0. The predicted molar refractivity (Wildman–Crippen MR) is 121 cm³/mol. The van der Waals surface area contributed by atoms with Gasteiger partial charge in [-0.1, -0.05) is 54.2 Å². The van der Waals surface area contributed by atoms with Gasteiger partial charge in [0.25, 0.3) is 0 Å². The molecule has 2 aliphatic rings. The summed E-state index contributed by atoms with van der Waals surface area (Å²) in [5.74, 6) is 1.74. The highest BCUT2D eigenvalue weighted by Crippen LogP contribution is 2.47. The minimum absolute atomic E-state index is 0.204. The van der Waals surface area contributed by atoms with Crippen LogP contribution in [0.2, 0.25) is 0 Å².